The molecule has 5 nitrogen and oxygen atoms in total. The molecular weight excluding hydrogens is 313 g/mol. The van der Waals surface area contributed by atoms with Gasteiger partial charge in [0.25, 0.3) is 0 Å². The van der Waals surface area contributed by atoms with E-state index in [-0.39, 0.29) is 17.6 Å². The highest BCUT2D eigenvalue weighted by Crippen LogP contribution is 2.33. The molecule has 1 aromatic carbocycles. The molecule has 0 aromatic heterocycles. The number of carbonyl (C=O) groups excluding carboxylic acids is 1. The second kappa shape index (κ2) is 8.61. The van der Waals surface area contributed by atoms with Crippen LogP contribution in [0.4, 0.5) is 13.2 Å². The van der Waals surface area contributed by atoms with E-state index < -0.39 is 12.4 Å². The van der Waals surface area contributed by atoms with Crippen molar-refractivity contribution >= 4 is 6.41 Å². The van der Waals surface area contributed by atoms with Gasteiger partial charge >= 0.3 is 6.61 Å². The fourth-order valence-electron chi connectivity index (χ4n) is 1.94. The van der Waals surface area contributed by atoms with Crippen molar-refractivity contribution in [3.05, 3.63) is 24.0 Å². The first-order valence-electron chi connectivity index (χ1n) is 7.40. The predicted molar refractivity (Wildman–Crippen MR) is 77.2 cm³/mol. The van der Waals surface area contributed by atoms with Crippen molar-refractivity contribution in [2.45, 2.75) is 38.0 Å². The third-order valence-electron chi connectivity index (χ3n) is 3.55. The maximum Gasteiger partial charge on any atom is 0.387 e. The molecule has 1 amide bonds. The van der Waals surface area contributed by atoms with Crippen molar-refractivity contribution in [1.29, 1.82) is 0 Å². The molecule has 0 radical (unpaired) electrons. The summed E-state index contributed by atoms with van der Waals surface area (Å²) >= 11 is 0. The third kappa shape index (κ3) is 5.63. The first kappa shape index (κ1) is 17.4. The summed E-state index contributed by atoms with van der Waals surface area (Å²) in [4.78, 5) is 9.67. The Hall–Kier alpha value is -1.96. The Kier molecular flexibility index (Phi) is 6.52. The normalized spacial score (nSPS) is 17.4. The van der Waals surface area contributed by atoms with Crippen molar-refractivity contribution in [1.82, 2.24) is 10.6 Å². The molecular formula is C15H19F3N2O3. The predicted octanol–water partition coefficient (Wildman–Crippen LogP) is 2.06. The van der Waals surface area contributed by atoms with E-state index in [2.05, 4.69) is 15.4 Å². The Morgan fingerprint density at radius 3 is 2.43 bits per heavy atom. The Morgan fingerprint density at radius 2 is 2.00 bits per heavy atom. The van der Waals surface area contributed by atoms with E-state index in [1.165, 1.54) is 0 Å². The van der Waals surface area contributed by atoms with Gasteiger partial charge in [0.1, 0.15) is 5.82 Å². The van der Waals surface area contributed by atoms with Crippen molar-refractivity contribution < 1.29 is 27.4 Å². The van der Waals surface area contributed by atoms with Crippen molar-refractivity contribution in [3.8, 4) is 11.5 Å². The molecule has 2 aliphatic rings. The van der Waals surface area contributed by atoms with Crippen molar-refractivity contribution in [3.63, 3.8) is 0 Å². The smallest absolute Gasteiger partial charge is 0.387 e. The molecule has 0 spiro atoms. The summed E-state index contributed by atoms with van der Waals surface area (Å²) in [5.74, 6) is -0.607. The number of hydrogen-bond donors (Lipinski definition) is 2. The van der Waals surface area contributed by atoms with Crippen molar-refractivity contribution in [2.24, 2.45) is 0 Å². The molecule has 1 saturated heterocycles. The van der Waals surface area contributed by atoms with Crippen LogP contribution in [0.25, 0.3) is 0 Å². The van der Waals surface area contributed by atoms with Crippen LogP contribution in [-0.2, 0) is 4.79 Å². The molecule has 23 heavy (non-hydrogen) atoms. The Balaban J connectivity index is 0.000000229. The average molecular weight is 332 g/mol. The molecule has 8 heteroatoms. The number of ether oxygens (including phenoxy) is 2. The summed E-state index contributed by atoms with van der Waals surface area (Å²) in [5.41, 5.74) is 0. The lowest BCUT2D eigenvalue weighted by Gasteiger charge is -2.27. The van der Waals surface area contributed by atoms with E-state index >= 15 is 0 Å². The fraction of sp³-hybridized carbons (Fsp3) is 0.533. The van der Waals surface area contributed by atoms with Crippen LogP contribution in [0.5, 0.6) is 11.5 Å². The topological polar surface area (TPSA) is 59.6 Å². The van der Waals surface area contributed by atoms with Gasteiger partial charge in [-0.2, -0.15) is 8.78 Å². The number of halogens is 3. The molecule has 128 valence electrons. The second-order valence-electron chi connectivity index (χ2n) is 5.28. The number of nitrogens with one attached hydrogen (secondary N) is 2. The molecule has 2 fully saturated rings. The van der Waals surface area contributed by atoms with E-state index in [1.54, 1.807) is 0 Å². The van der Waals surface area contributed by atoms with Gasteiger partial charge in [-0.3, -0.25) is 4.79 Å². The summed E-state index contributed by atoms with van der Waals surface area (Å²) in [5, 5.41) is 5.66. The summed E-state index contributed by atoms with van der Waals surface area (Å²) < 4.78 is 46.7. The van der Waals surface area contributed by atoms with Crippen LogP contribution in [0, 0.1) is 5.82 Å². The van der Waals surface area contributed by atoms with Gasteiger partial charge in [-0.15, -0.1) is 0 Å². The molecule has 0 atom stereocenters. The maximum atomic E-state index is 12.9. The van der Waals surface area contributed by atoms with Gasteiger partial charge in [0.05, 0.1) is 12.1 Å². The third-order valence-corrected chi connectivity index (χ3v) is 3.55. The highest BCUT2D eigenvalue weighted by molar-refractivity contribution is 5.47. The van der Waals surface area contributed by atoms with Crippen LogP contribution in [0.3, 0.4) is 0 Å². The van der Waals surface area contributed by atoms with Gasteiger partial charge in [0.15, 0.2) is 11.5 Å². The number of amides is 1. The Bertz CT molecular complexity index is 509. The largest absolute Gasteiger partial charge is 0.486 e. The highest BCUT2D eigenvalue weighted by Gasteiger charge is 2.22. The Labute approximate surface area is 132 Å². The molecule has 0 bridgehead atoms. The van der Waals surface area contributed by atoms with Crippen LogP contribution in [0.1, 0.15) is 19.3 Å². The van der Waals surface area contributed by atoms with Crippen LogP contribution in [0.2, 0.25) is 0 Å². The van der Waals surface area contributed by atoms with E-state index in [9.17, 15) is 18.0 Å². The van der Waals surface area contributed by atoms with Gasteiger partial charge in [-0.05, 0) is 31.4 Å². The molecule has 1 saturated carbocycles. The van der Waals surface area contributed by atoms with Crippen LogP contribution >= 0.6 is 0 Å². The zero-order chi connectivity index (χ0) is 16.7. The standard InChI is InChI=1S/C11H11F3O2.C4H8N2O/c12-7-4-5-9(16-11(13)14)10(6-7)15-8-2-1-3-8;7-3-6-4-1-5-2-4/h4-6,8,11H,1-3H2;3-5H,1-2H2,(H,6,7). The maximum absolute atomic E-state index is 12.9. The minimum Gasteiger partial charge on any atom is -0.486 e. The number of carbonyl (C=O) groups is 1. The van der Waals surface area contributed by atoms with E-state index in [0.29, 0.717) is 6.04 Å². The molecule has 0 unspecified atom stereocenters. The SMILES string of the molecule is Fc1ccc(OC(F)F)c(OC2CCC2)c1.O=CNC1CNC1. The lowest BCUT2D eigenvalue weighted by molar-refractivity contribution is -0.110. The number of alkyl halides is 2. The molecule has 1 aliphatic heterocycles. The van der Waals surface area contributed by atoms with Gasteiger partial charge in [-0.1, -0.05) is 0 Å². The van der Waals surface area contributed by atoms with E-state index in [4.69, 9.17) is 4.74 Å². The summed E-state index contributed by atoms with van der Waals surface area (Å²) in [7, 11) is 0. The minimum absolute atomic E-state index is 0.0122. The zero-order valence-electron chi connectivity index (χ0n) is 12.4. The number of benzene rings is 1. The van der Waals surface area contributed by atoms with E-state index in [0.717, 1.165) is 57.0 Å². The first-order chi connectivity index (χ1) is 11.1. The lowest BCUT2D eigenvalue weighted by Crippen LogP contribution is -2.54. The quantitative estimate of drug-likeness (QED) is 0.783. The van der Waals surface area contributed by atoms with Crippen LogP contribution in [-0.4, -0.2) is 38.3 Å². The average Bonchev–Trinajstić information content (AvgIpc) is 2.41. The second-order valence-corrected chi connectivity index (χ2v) is 5.28. The van der Waals surface area contributed by atoms with Gasteiger partial charge in [-0.25, -0.2) is 4.39 Å². The lowest BCUT2D eigenvalue weighted by atomic mass is 9.96. The van der Waals surface area contributed by atoms with E-state index in [1.807, 2.05) is 0 Å². The van der Waals surface area contributed by atoms with Gasteiger partial charge in [0.2, 0.25) is 6.41 Å². The first-order valence-corrected chi connectivity index (χ1v) is 7.40. The number of hydrogen-bond acceptors (Lipinski definition) is 4. The Morgan fingerprint density at radius 1 is 1.26 bits per heavy atom. The summed E-state index contributed by atoms with van der Waals surface area (Å²) in [6.45, 7) is -1.08. The zero-order valence-corrected chi connectivity index (χ0v) is 12.4. The molecule has 1 heterocycles. The summed E-state index contributed by atoms with van der Waals surface area (Å²) in [6, 6.07) is 3.68. The minimum atomic E-state index is -2.94. The van der Waals surface area contributed by atoms with Crippen LogP contribution < -0.4 is 20.1 Å². The summed E-state index contributed by atoms with van der Waals surface area (Å²) in [6.07, 6.45) is 3.51. The monoisotopic (exact) mass is 332 g/mol. The molecule has 1 aromatic rings. The van der Waals surface area contributed by atoms with Gasteiger partial charge in [0, 0.05) is 19.2 Å². The van der Waals surface area contributed by atoms with Gasteiger partial charge < -0.3 is 20.1 Å². The highest BCUT2D eigenvalue weighted by atomic mass is 19.3. The van der Waals surface area contributed by atoms with Crippen molar-refractivity contribution in [2.75, 3.05) is 13.1 Å². The molecule has 3 rings (SSSR count). The molecule has 1 aliphatic carbocycles. The molecule has 2 N–H and O–H groups in total. The number of rotatable bonds is 6. The fourth-order valence-corrected chi connectivity index (χ4v) is 1.94. The van der Waals surface area contributed by atoms with Crippen LogP contribution in [0.15, 0.2) is 18.2 Å².